The standard InChI is InChI=1S/C28H31ClN6O4/c1-3-11-33-22-14-21(32-25(22)27(37)34(12-4-2)28(33)38)18-8-10-24(31-15-18)35(17-20-6-5-13-39-20)26(36)19-7-9-23(29)30-16-19/h7-10,14-16,20,32H,3-6,11-13,17H2,1-2H3. The number of anilines is 1. The highest BCUT2D eigenvalue weighted by atomic mass is 35.5. The largest absolute Gasteiger partial charge is 0.376 e. The SMILES string of the molecule is CCCn1c(=O)c2[nH]c(-c3ccc(N(CC4CCCO4)C(=O)c4ccc(Cl)nc4)nc3)cc2n(CCC)c1=O. The molecule has 11 heteroatoms. The van der Waals surface area contributed by atoms with Crippen LogP contribution >= 0.6 is 11.6 Å². The van der Waals surface area contributed by atoms with Gasteiger partial charge in [0.2, 0.25) is 0 Å². The molecule has 1 N–H and O–H groups in total. The number of carbonyl (C=O) groups is 1. The molecule has 0 saturated carbocycles. The van der Waals surface area contributed by atoms with Crippen LogP contribution in [0.5, 0.6) is 0 Å². The van der Waals surface area contributed by atoms with Gasteiger partial charge in [-0.25, -0.2) is 14.8 Å². The van der Waals surface area contributed by atoms with Crippen LogP contribution in [0.3, 0.4) is 0 Å². The highest BCUT2D eigenvalue weighted by Crippen LogP contribution is 2.25. The highest BCUT2D eigenvalue weighted by molar-refractivity contribution is 6.29. The molecule has 1 atom stereocenters. The number of carbonyl (C=O) groups excluding carboxylic acids is 1. The van der Waals surface area contributed by atoms with E-state index in [1.54, 1.807) is 33.9 Å². The molecule has 0 bridgehead atoms. The molecule has 1 aliphatic rings. The topological polar surface area (TPSA) is 115 Å². The van der Waals surface area contributed by atoms with Crippen LogP contribution < -0.4 is 16.1 Å². The van der Waals surface area contributed by atoms with E-state index in [1.165, 1.54) is 10.8 Å². The van der Waals surface area contributed by atoms with Crippen molar-refractivity contribution >= 4 is 34.4 Å². The van der Waals surface area contributed by atoms with E-state index in [0.29, 0.717) is 65.9 Å². The third-order valence-corrected chi connectivity index (χ3v) is 7.09. The van der Waals surface area contributed by atoms with Gasteiger partial charge >= 0.3 is 5.69 Å². The highest BCUT2D eigenvalue weighted by Gasteiger charge is 2.26. The summed E-state index contributed by atoms with van der Waals surface area (Å²) < 4.78 is 8.73. The zero-order valence-corrected chi connectivity index (χ0v) is 22.8. The molecule has 1 saturated heterocycles. The molecule has 0 spiro atoms. The molecule has 1 fully saturated rings. The molecular formula is C28H31ClN6O4. The maximum Gasteiger partial charge on any atom is 0.331 e. The number of ether oxygens (including phenoxy) is 1. The quantitative estimate of drug-likeness (QED) is 0.312. The zero-order chi connectivity index (χ0) is 27.5. The van der Waals surface area contributed by atoms with Gasteiger partial charge in [0, 0.05) is 43.3 Å². The lowest BCUT2D eigenvalue weighted by Crippen LogP contribution is -2.39. The number of halogens is 1. The lowest BCUT2D eigenvalue weighted by atomic mass is 10.1. The number of hydrogen-bond donors (Lipinski definition) is 1. The summed E-state index contributed by atoms with van der Waals surface area (Å²) >= 11 is 5.91. The van der Waals surface area contributed by atoms with Crippen LogP contribution in [0.25, 0.3) is 22.3 Å². The first kappa shape index (κ1) is 26.8. The summed E-state index contributed by atoms with van der Waals surface area (Å²) in [5.41, 5.74) is 2.13. The summed E-state index contributed by atoms with van der Waals surface area (Å²) in [6, 6.07) is 8.65. The minimum atomic E-state index is -0.329. The number of nitrogens with zero attached hydrogens (tertiary/aromatic N) is 5. The number of H-pyrrole nitrogens is 1. The van der Waals surface area contributed by atoms with Crippen LogP contribution in [-0.4, -0.2) is 49.2 Å². The van der Waals surface area contributed by atoms with Gasteiger partial charge in [-0.15, -0.1) is 0 Å². The Morgan fingerprint density at radius 2 is 1.90 bits per heavy atom. The number of rotatable bonds is 9. The average molecular weight is 551 g/mol. The van der Waals surface area contributed by atoms with Crippen molar-refractivity contribution < 1.29 is 9.53 Å². The fourth-order valence-electron chi connectivity index (χ4n) is 4.94. The lowest BCUT2D eigenvalue weighted by molar-refractivity contribution is 0.0915. The Labute approximate surface area is 230 Å². The molecule has 5 rings (SSSR count). The van der Waals surface area contributed by atoms with Crippen LogP contribution in [0.15, 0.2) is 52.3 Å². The van der Waals surface area contributed by atoms with E-state index < -0.39 is 0 Å². The van der Waals surface area contributed by atoms with Gasteiger partial charge in [0.05, 0.1) is 23.7 Å². The Morgan fingerprint density at radius 3 is 2.54 bits per heavy atom. The number of hydrogen-bond acceptors (Lipinski definition) is 6. The second-order valence-electron chi connectivity index (χ2n) is 9.66. The van der Waals surface area contributed by atoms with Gasteiger partial charge < -0.3 is 9.72 Å². The van der Waals surface area contributed by atoms with E-state index in [0.717, 1.165) is 24.8 Å². The second kappa shape index (κ2) is 11.5. The van der Waals surface area contributed by atoms with Crippen molar-refractivity contribution in [1.82, 2.24) is 24.1 Å². The van der Waals surface area contributed by atoms with Gasteiger partial charge in [-0.2, -0.15) is 0 Å². The first-order chi connectivity index (χ1) is 18.9. The number of nitrogens with one attached hydrogen (secondary N) is 1. The second-order valence-corrected chi connectivity index (χ2v) is 10.0. The van der Waals surface area contributed by atoms with Gasteiger partial charge in [-0.3, -0.25) is 23.6 Å². The number of aromatic nitrogens is 5. The molecule has 1 unspecified atom stereocenters. The van der Waals surface area contributed by atoms with Crippen LogP contribution in [0, 0.1) is 0 Å². The van der Waals surface area contributed by atoms with E-state index in [4.69, 9.17) is 16.3 Å². The van der Waals surface area contributed by atoms with Gasteiger partial charge in [0.25, 0.3) is 11.5 Å². The summed E-state index contributed by atoms with van der Waals surface area (Å²) in [4.78, 5) is 53.0. The summed E-state index contributed by atoms with van der Waals surface area (Å²) in [6.07, 6.45) is 6.28. The fraction of sp³-hybridized carbons (Fsp3) is 0.393. The fourth-order valence-corrected chi connectivity index (χ4v) is 5.05. The molecule has 204 valence electrons. The van der Waals surface area contributed by atoms with Gasteiger partial charge in [-0.1, -0.05) is 25.4 Å². The average Bonchev–Trinajstić information content (AvgIpc) is 3.63. The van der Waals surface area contributed by atoms with Crippen LogP contribution in [0.4, 0.5) is 5.82 Å². The Kier molecular flexibility index (Phi) is 7.94. The van der Waals surface area contributed by atoms with E-state index >= 15 is 0 Å². The smallest absolute Gasteiger partial charge is 0.331 e. The van der Waals surface area contributed by atoms with Crippen molar-refractivity contribution in [2.45, 2.75) is 58.7 Å². The molecule has 4 aromatic rings. The Morgan fingerprint density at radius 1 is 1.10 bits per heavy atom. The molecule has 1 aliphatic heterocycles. The molecule has 39 heavy (non-hydrogen) atoms. The van der Waals surface area contributed by atoms with E-state index in [1.807, 2.05) is 26.0 Å². The van der Waals surface area contributed by atoms with Gasteiger partial charge in [0.15, 0.2) is 0 Å². The third-order valence-electron chi connectivity index (χ3n) is 6.87. The molecule has 1 amide bonds. The first-order valence-corrected chi connectivity index (χ1v) is 13.7. The third kappa shape index (κ3) is 5.39. The van der Waals surface area contributed by atoms with Crippen LogP contribution in [0.2, 0.25) is 5.15 Å². The maximum atomic E-state index is 13.4. The summed E-state index contributed by atoms with van der Waals surface area (Å²) in [5, 5.41) is 0.309. The molecule has 0 radical (unpaired) electrons. The van der Waals surface area contributed by atoms with E-state index in [2.05, 4.69) is 15.0 Å². The van der Waals surface area contributed by atoms with Gasteiger partial charge in [-0.05, 0) is 56.0 Å². The minimum Gasteiger partial charge on any atom is -0.376 e. The van der Waals surface area contributed by atoms with Crippen LogP contribution in [-0.2, 0) is 17.8 Å². The van der Waals surface area contributed by atoms with Gasteiger partial charge in [0.1, 0.15) is 16.5 Å². The summed E-state index contributed by atoms with van der Waals surface area (Å²) in [7, 11) is 0. The first-order valence-electron chi connectivity index (χ1n) is 13.3. The van der Waals surface area contributed by atoms with Crippen molar-refractivity contribution in [3.63, 3.8) is 0 Å². The van der Waals surface area contributed by atoms with E-state index in [9.17, 15) is 14.4 Å². The number of aromatic amines is 1. The van der Waals surface area contributed by atoms with Crippen molar-refractivity contribution in [3.8, 4) is 11.3 Å². The van der Waals surface area contributed by atoms with Crippen molar-refractivity contribution in [3.05, 3.63) is 74.3 Å². The normalized spacial score (nSPS) is 15.2. The Balaban J connectivity index is 1.51. The predicted molar refractivity (Wildman–Crippen MR) is 151 cm³/mol. The number of fused-ring (bicyclic) bond motifs is 1. The molecule has 4 aromatic heterocycles. The van der Waals surface area contributed by atoms with Crippen molar-refractivity contribution in [2.75, 3.05) is 18.1 Å². The molecule has 10 nitrogen and oxygen atoms in total. The lowest BCUT2D eigenvalue weighted by Gasteiger charge is -2.24. The molecule has 0 aliphatic carbocycles. The summed E-state index contributed by atoms with van der Waals surface area (Å²) in [6.45, 7) is 5.83. The Hall–Kier alpha value is -3.76. The zero-order valence-electron chi connectivity index (χ0n) is 22.0. The molecular weight excluding hydrogens is 520 g/mol. The van der Waals surface area contributed by atoms with Crippen molar-refractivity contribution in [2.24, 2.45) is 0 Å². The van der Waals surface area contributed by atoms with Crippen LogP contribution in [0.1, 0.15) is 49.9 Å². The minimum absolute atomic E-state index is 0.0787. The maximum absolute atomic E-state index is 13.4. The van der Waals surface area contributed by atoms with E-state index in [-0.39, 0.29) is 23.3 Å². The number of amides is 1. The number of aryl methyl sites for hydroxylation is 1. The number of pyridine rings is 2. The Bertz CT molecular complexity index is 1580. The molecule has 0 aromatic carbocycles. The molecule has 5 heterocycles. The predicted octanol–water partition coefficient (Wildman–Crippen LogP) is 4.25. The monoisotopic (exact) mass is 550 g/mol. The summed E-state index contributed by atoms with van der Waals surface area (Å²) in [5.74, 6) is 0.221. The van der Waals surface area contributed by atoms with Crippen molar-refractivity contribution in [1.29, 1.82) is 0 Å².